The summed E-state index contributed by atoms with van der Waals surface area (Å²) in [7, 11) is 0. The molecule has 26 heavy (non-hydrogen) atoms. The van der Waals surface area contributed by atoms with E-state index in [-0.39, 0.29) is 17.2 Å². The van der Waals surface area contributed by atoms with Crippen LogP contribution in [0.5, 0.6) is 0 Å². The van der Waals surface area contributed by atoms with E-state index in [4.69, 9.17) is 5.73 Å². The Bertz CT molecular complexity index is 656. The van der Waals surface area contributed by atoms with Gasteiger partial charge < -0.3 is 16.0 Å². The predicted octanol–water partition coefficient (Wildman–Crippen LogP) is 1.30. The molecule has 0 aromatic heterocycles. The standard InChI is InChI=1S/C19H28N4O3/c1-19(2,3)18(26)23-12-10-22(11-13-23)9-8-16(24)21-15-6-4-14(5-7-15)17(20)25/h4-7H,8-13H2,1-3H3,(H2,20,25)(H,21,24). The molecule has 0 bridgehead atoms. The number of nitrogens with two attached hydrogens (primary N) is 1. The molecule has 1 aromatic rings. The second-order valence-electron chi connectivity index (χ2n) is 7.62. The highest BCUT2D eigenvalue weighted by molar-refractivity contribution is 5.94. The predicted molar refractivity (Wildman–Crippen MR) is 101 cm³/mol. The van der Waals surface area contributed by atoms with Gasteiger partial charge in [-0.25, -0.2) is 0 Å². The number of rotatable bonds is 5. The van der Waals surface area contributed by atoms with Crippen LogP contribution in [0, 0.1) is 5.41 Å². The van der Waals surface area contributed by atoms with Gasteiger partial charge in [-0.1, -0.05) is 20.8 Å². The molecule has 0 atom stereocenters. The number of primary amides is 1. The molecule has 142 valence electrons. The number of anilines is 1. The second-order valence-corrected chi connectivity index (χ2v) is 7.62. The molecule has 3 amide bonds. The molecule has 1 aliphatic heterocycles. The van der Waals surface area contributed by atoms with Gasteiger partial charge in [0.2, 0.25) is 17.7 Å². The number of hydrogen-bond donors (Lipinski definition) is 2. The van der Waals surface area contributed by atoms with Crippen LogP contribution in [-0.2, 0) is 9.59 Å². The zero-order chi connectivity index (χ0) is 19.3. The fourth-order valence-electron chi connectivity index (χ4n) is 2.85. The van der Waals surface area contributed by atoms with Gasteiger partial charge in [-0.15, -0.1) is 0 Å². The van der Waals surface area contributed by atoms with Crippen LogP contribution in [0.1, 0.15) is 37.6 Å². The van der Waals surface area contributed by atoms with Crippen LogP contribution < -0.4 is 11.1 Å². The summed E-state index contributed by atoms with van der Waals surface area (Å²) in [5.41, 5.74) is 5.88. The highest BCUT2D eigenvalue weighted by Gasteiger charge is 2.29. The smallest absolute Gasteiger partial charge is 0.248 e. The molecule has 1 aliphatic rings. The van der Waals surface area contributed by atoms with Crippen molar-refractivity contribution in [3.63, 3.8) is 0 Å². The molecule has 0 unspecified atom stereocenters. The van der Waals surface area contributed by atoms with Gasteiger partial charge in [0.05, 0.1) is 0 Å². The molecule has 1 saturated heterocycles. The maximum atomic E-state index is 12.3. The second kappa shape index (κ2) is 8.31. The number of hydrogen-bond acceptors (Lipinski definition) is 4. The third-order valence-electron chi connectivity index (χ3n) is 4.41. The van der Waals surface area contributed by atoms with Gasteiger partial charge in [0, 0.05) is 55.8 Å². The van der Waals surface area contributed by atoms with Gasteiger partial charge in [-0.05, 0) is 24.3 Å². The maximum Gasteiger partial charge on any atom is 0.248 e. The van der Waals surface area contributed by atoms with Crippen LogP contribution in [0.25, 0.3) is 0 Å². The average Bonchev–Trinajstić information content (AvgIpc) is 2.59. The summed E-state index contributed by atoms with van der Waals surface area (Å²) in [6.07, 6.45) is 0.380. The van der Waals surface area contributed by atoms with Crippen LogP contribution in [0.15, 0.2) is 24.3 Å². The molecule has 1 heterocycles. The monoisotopic (exact) mass is 360 g/mol. The lowest BCUT2D eigenvalue weighted by atomic mass is 9.94. The Morgan fingerprint density at radius 2 is 1.62 bits per heavy atom. The molecule has 3 N–H and O–H groups in total. The van der Waals surface area contributed by atoms with E-state index < -0.39 is 5.91 Å². The van der Waals surface area contributed by atoms with Crippen LogP contribution in [-0.4, -0.2) is 60.2 Å². The van der Waals surface area contributed by atoms with Gasteiger partial charge in [0.1, 0.15) is 0 Å². The van der Waals surface area contributed by atoms with Gasteiger partial charge in [-0.3, -0.25) is 19.3 Å². The topological polar surface area (TPSA) is 95.7 Å². The summed E-state index contributed by atoms with van der Waals surface area (Å²) in [5.74, 6) is -0.397. The lowest BCUT2D eigenvalue weighted by Crippen LogP contribution is -2.51. The first-order valence-electron chi connectivity index (χ1n) is 8.88. The Labute approximate surface area is 154 Å². The quantitative estimate of drug-likeness (QED) is 0.827. The van der Waals surface area contributed by atoms with Crippen LogP contribution in [0.2, 0.25) is 0 Å². The number of carbonyl (C=O) groups is 3. The van der Waals surface area contributed by atoms with Crippen molar-refractivity contribution in [1.29, 1.82) is 0 Å². The van der Waals surface area contributed by atoms with E-state index in [2.05, 4.69) is 10.2 Å². The van der Waals surface area contributed by atoms with Crippen molar-refractivity contribution < 1.29 is 14.4 Å². The average molecular weight is 360 g/mol. The number of nitrogens with zero attached hydrogens (tertiary/aromatic N) is 2. The van der Waals surface area contributed by atoms with Crippen molar-refractivity contribution in [2.45, 2.75) is 27.2 Å². The summed E-state index contributed by atoms with van der Waals surface area (Å²) in [5, 5.41) is 2.81. The summed E-state index contributed by atoms with van der Waals surface area (Å²) < 4.78 is 0. The Balaban J connectivity index is 1.73. The Kier molecular flexibility index (Phi) is 6.37. The van der Waals surface area contributed by atoms with Crippen molar-refractivity contribution in [2.75, 3.05) is 38.0 Å². The first-order valence-corrected chi connectivity index (χ1v) is 8.88. The Hall–Kier alpha value is -2.41. The van der Waals surface area contributed by atoms with E-state index in [0.717, 1.165) is 13.1 Å². The first-order chi connectivity index (χ1) is 12.2. The lowest BCUT2D eigenvalue weighted by Gasteiger charge is -2.37. The van der Waals surface area contributed by atoms with Crippen molar-refractivity contribution in [3.8, 4) is 0 Å². The maximum absolute atomic E-state index is 12.3. The van der Waals surface area contributed by atoms with E-state index in [1.165, 1.54) is 0 Å². The van der Waals surface area contributed by atoms with Crippen LogP contribution in [0.4, 0.5) is 5.69 Å². The van der Waals surface area contributed by atoms with Gasteiger partial charge >= 0.3 is 0 Å². The summed E-state index contributed by atoms with van der Waals surface area (Å²) in [6, 6.07) is 6.50. The molecule has 0 aliphatic carbocycles. The zero-order valence-electron chi connectivity index (χ0n) is 15.7. The SMILES string of the molecule is CC(C)(C)C(=O)N1CCN(CCC(=O)Nc2ccc(C(N)=O)cc2)CC1. The number of piperazine rings is 1. The minimum Gasteiger partial charge on any atom is -0.366 e. The van der Waals surface area contributed by atoms with Crippen molar-refractivity contribution >= 4 is 23.4 Å². The highest BCUT2D eigenvalue weighted by Crippen LogP contribution is 2.18. The molecular weight excluding hydrogens is 332 g/mol. The molecule has 0 spiro atoms. The minimum atomic E-state index is -0.494. The van der Waals surface area contributed by atoms with Gasteiger partial charge in [0.25, 0.3) is 0 Å². The Morgan fingerprint density at radius 1 is 1.04 bits per heavy atom. The molecule has 7 nitrogen and oxygen atoms in total. The molecule has 0 saturated carbocycles. The molecule has 1 aromatic carbocycles. The minimum absolute atomic E-state index is 0.0787. The van der Waals surface area contributed by atoms with Crippen LogP contribution in [0.3, 0.4) is 0 Å². The number of benzene rings is 1. The lowest BCUT2D eigenvalue weighted by molar-refractivity contribution is -0.141. The molecular formula is C19H28N4O3. The van der Waals surface area contributed by atoms with Crippen molar-refractivity contribution in [2.24, 2.45) is 11.1 Å². The molecule has 1 fully saturated rings. The summed E-state index contributed by atoms with van der Waals surface area (Å²) >= 11 is 0. The number of amides is 3. The van der Waals surface area contributed by atoms with Crippen molar-refractivity contribution in [3.05, 3.63) is 29.8 Å². The Morgan fingerprint density at radius 3 is 2.12 bits per heavy atom. The van der Waals surface area contributed by atoms with E-state index >= 15 is 0 Å². The summed E-state index contributed by atoms with van der Waals surface area (Å²) in [4.78, 5) is 39.5. The largest absolute Gasteiger partial charge is 0.366 e. The normalized spacial score (nSPS) is 15.6. The highest BCUT2D eigenvalue weighted by atomic mass is 16.2. The first kappa shape index (κ1) is 19.9. The molecule has 0 radical (unpaired) electrons. The van der Waals surface area contributed by atoms with Crippen molar-refractivity contribution in [1.82, 2.24) is 9.80 Å². The van der Waals surface area contributed by atoms with E-state index in [1.807, 2.05) is 25.7 Å². The van der Waals surface area contributed by atoms with E-state index in [1.54, 1.807) is 24.3 Å². The summed E-state index contributed by atoms with van der Waals surface area (Å²) in [6.45, 7) is 9.41. The van der Waals surface area contributed by atoms with E-state index in [9.17, 15) is 14.4 Å². The van der Waals surface area contributed by atoms with Crippen LogP contribution >= 0.6 is 0 Å². The third kappa shape index (κ3) is 5.56. The zero-order valence-corrected chi connectivity index (χ0v) is 15.7. The number of nitrogens with one attached hydrogen (secondary N) is 1. The molecule has 2 rings (SSSR count). The van der Waals surface area contributed by atoms with E-state index in [0.29, 0.717) is 37.3 Å². The third-order valence-corrected chi connectivity index (χ3v) is 4.41. The molecule has 7 heteroatoms. The fourth-order valence-corrected chi connectivity index (χ4v) is 2.85. The fraction of sp³-hybridized carbons (Fsp3) is 0.526. The number of carbonyl (C=O) groups excluding carboxylic acids is 3. The van der Waals surface area contributed by atoms with Gasteiger partial charge in [-0.2, -0.15) is 0 Å². The van der Waals surface area contributed by atoms with Gasteiger partial charge in [0.15, 0.2) is 0 Å².